The number of aromatic nitrogens is 1. The molecule has 0 fully saturated rings. The quantitative estimate of drug-likeness (QED) is 0.166. The molecule has 0 N–H and O–H groups in total. The van der Waals surface area contributed by atoms with Gasteiger partial charge >= 0.3 is 0 Å². The highest BCUT2D eigenvalue weighted by atomic mass is 31.1. The lowest BCUT2D eigenvalue weighted by molar-refractivity contribution is 0.594. The van der Waals surface area contributed by atoms with Crippen LogP contribution in [0.25, 0.3) is 102 Å². The number of fused-ring (bicyclic) bond motifs is 7. The molecule has 2 unspecified atom stereocenters. The first-order valence-electron chi connectivity index (χ1n) is 22.3. The third kappa shape index (κ3) is 4.69. The molecule has 0 saturated carbocycles. The van der Waals surface area contributed by atoms with Crippen LogP contribution in [0.15, 0.2) is 188 Å². The summed E-state index contributed by atoms with van der Waals surface area (Å²) in [7, 11) is -1.23. The number of hydrogen-bond donors (Lipinski definition) is 0. The first-order valence-corrected chi connectivity index (χ1v) is 25.0. The molecule has 2 aliphatic rings. The van der Waals surface area contributed by atoms with Gasteiger partial charge in [0.05, 0.1) is 16.7 Å². The van der Waals surface area contributed by atoms with Crippen molar-refractivity contribution in [1.82, 2.24) is 4.57 Å². The zero-order valence-electron chi connectivity index (χ0n) is 35.7. The number of hydrogen-bond acceptors (Lipinski definition) is 0. The van der Waals surface area contributed by atoms with Crippen LogP contribution < -0.4 is 0 Å². The number of nitrogens with zero attached hydrogens (tertiary/aromatic N) is 1. The molecule has 63 heavy (non-hydrogen) atoms. The molecule has 2 atom stereocenters. The predicted octanol–water partition coefficient (Wildman–Crippen LogP) is 18.0. The Morgan fingerprint density at radius 3 is 1.17 bits per heavy atom. The van der Waals surface area contributed by atoms with Crippen molar-refractivity contribution in [2.45, 2.75) is 38.5 Å². The molecular formula is C60H43NP2. The molecule has 2 aliphatic heterocycles. The number of benzene rings is 9. The average molecular weight is 840 g/mol. The molecule has 5 heterocycles. The van der Waals surface area contributed by atoms with Crippen molar-refractivity contribution >= 4 is 78.9 Å². The Balaban J connectivity index is 1.05. The van der Waals surface area contributed by atoms with E-state index in [1.165, 1.54) is 125 Å². The summed E-state index contributed by atoms with van der Waals surface area (Å²) in [5.74, 6) is 0. The van der Waals surface area contributed by atoms with Gasteiger partial charge in [0.15, 0.2) is 0 Å². The second kappa shape index (κ2) is 12.5. The van der Waals surface area contributed by atoms with E-state index in [-0.39, 0.29) is 10.8 Å². The number of rotatable bonds is 4. The van der Waals surface area contributed by atoms with E-state index in [0.29, 0.717) is 0 Å². The first kappa shape index (κ1) is 35.9. The summed E-state index contributed by atoms with van der Waals surface area (Å²) in [6.45, 7) is 9.81. The Morgan fingerprint density at radius 2 is 0.714 bits per heavy atom. The average Bonchev–Trinajstić information content (AvgIpc) is 3.96. The summed E-state index contributed by atoms with van der Waals surface area (Å²) in [5, 5.41) is 16.9. The molecule has 298 valence electrons. The van der Waals surface area contributed by atoms with E-state index in [1.54, 1.807) is 0 Å². The van der Waals surface area contributed by atoms with Crippen LogP contribution in [0.5, 0.6) is 0 Å². The highest BCUT2D eigenvalue weighted by molar-refractivity contribution is 7.68. The second-order valence-electron chi connectivity index (χ2n) is 19.0. The Labute approximate surface area is 369 Å². The van der Waals surface area contributed by atoms with Crippen molar-refractivity contribution in [2.75, 3.05) is 0 Å². The van der Waals surface area contributed by atoms with Crippen LogP contribution in [0.3, 0.4) is 0 Å². The van der Waals surface area contributed by atoms with Crippen LogP contribution in [-0.4, -0.2) is 4.57 Å². The normalized spacial score (nSPS) is 15.2. The number of para-hydroxylation sites is 1. The topological polar surface area (TPSA) is 4.93 Å². The van der Waals surface area contributed by atoms with Gasteiger partial charge < -0.3 is 4.57 Å². The molecule has 0 saturated heterocycles. The molecule has 0 amide bonds. The second-order valence-corrected chi connectivity index (χ2v) is 23.3. The summed E-state index contributed by atoms with van der Waals surface area (Å²) in [6, 6.07) is 72.4. The van der Waals surface area contributed by atoms with Crippen LogP contribution in [0.2, 0.25) is 0 Å². The van der Waals surface area contributed by atoms with Crippen molar-refractivity contribution in [1.29, 1.82) is 0 Å². The van der Waals surface area contributed by atoms with E-state index < -0.39 is 15.1 Å². The van der Waals surface area contributed by atoms with Crippen LogP contribution in [0.1, 0.15) is 49.9 Å². The molecule has 12 aromatic rings. The van der Waals surface area contributed by atoms with Gasteiger partial charge in [-0.2, -0.15) is 0 Å². The third-order valence-corrected chi connectivity index (χ3v) is 20.1. The van der Waals surface area contributed by atoms with Gasteiger partial charge in [-0.05, 0) is 125 Å². The van der Waals surface area contributed by atoms with E-state index in [4.69, 9.17) is 0 Å². The van der Waals surface area contributed by atoms with E-state index >= 15 is 0 Å². The molecule has 14 rings (SSSR count). The minimum absolute atomic E-state index is 0.199. The molecule has 0 spiro atoms. The van der Waals surface area contributed by atoms with Gasteiger partial charge in [0.2, 0.25) is 0 Å². The fraction of sp³-hybridized carbons (Fsp3) is 0.100. The molecular weight excluding hydrogens is 797 g/mol. The lowest BCUT2D eigenvalue weighted by Gasteiger charge is -2.42. The monoisotopic (exact) mass is 839 g/mol. The van der Waals surface area contributed by atoms with Gasteiger partial charge in [0.25, 0.3) is 0 Å². The maximum atomic E-state index is 2.67. The van der Waals surface area contributed by atoms with Gasteiger partial charge in [-0.15, -0.1) is 0 Å². The van der Waals surface area contributed by atoms with Crippen molar-refractivity contribution < 1.29 is 0 Å². The van der Waals surface area contributed by atoms with Gasteiger partial charge in [-0.1, -0.05) is 182 Å². The van der Waals surface area contributed by atoms with E-state index in [1.807, 2.05) is 0 Å². The van der Waals surface area contributed by atoms with Crippen LogP contribution in [0.4, 0.5) is 0 Å². The van der Waals surface area contributed by atoms with Gasteiger partial charge in [-0.3, -0.25) is 0 Å². The molecule has 0 bridgehead atoms. The predicted molar refractivity (Wildman–Crippen MR) is 274 cm³/mol. The molecule has 0 aliphatic carbocycles. The van der Waals surface area contributed by atoms with Crippen LogP contribution in [-0.2, 0) is 10.8 Å². The third-order valence-electron chi connectivity index (χ3n) is 15.0. The van der Waals surface area contributed by atoms with Crippen LogP contribution in [0, 0.1) is 0 Å². The molecule has 0 radical (unpaired) electrons. The lowest BCUT2D eigenvalue weighted by Crippen LogP contribution is -2.33. The van der Waals surface area contributed by atoms with Gasteiger partial charge in [0, 0.05) is 42.1 Å². The Bertz CT molecular complexity index is 3700. The van der Waals surface area contributed by atoms with Crippen LogP contribution >= 0.6 is 15.1 Å². The van der Waals surface area contributed by atoms with Gasteiger partial charge in [0.1, 0.15) is 0 Å². The van der Waals surface area contributed by atoms with Gasteiger partial charge in [-0.25, -0.2) is 0 Å². The maximum Gasteiger partial charge on any atom is 0.0582 e. The summed E-state index contributed by atoms with van der Waals surface area (Å²) in [4.78, 5) is 0. The van der Waals surface area contributed by atoms with E-state index in [2.05, 4.69) is 220 Å². The minimum atomic E-state index is -0.613. The Hall–Kier alpha value is -6.62. The zero-order valence-corrected chi connectivity index (χ0v) is 37.5. The smallest absolute Gasteiger partial charge is 0.0582 e. The van der Waals surface area contributed by atoms with Crippen molar-refractivity contribution in [3.05, 3.63) is 210 Å². The molecule has 3 heteroatoms. The summed E-state index contributed by atoms with van der Waals surface area (Å²) >= 11 is 0. The Morgan fingerprint density at radius 1 is 0.317 bits per heavy atom. The summed E-state index contributed by atoms with van der Waals surface area (Å²) in [5.41, 5.74) is 14.5. The largest absolute Gasteiger partial charge is 0.308 e. The zero-order chi connectivity index (χ0) is 41.9. The molecule has 3 aromatic heterocycles. The Kier molecular flexibility index (Phi) is 7.14. The first-order chi connectivity index (χ1) is 30.8. The SMILES string of the molecule is CC1(C)c2cccc3c2-n2c4c1cc(-c1ccc5c(c1)c1ccccc1p5-c1ccccc1)cc4c1cc(-c4ccc5c(c4)c4ccccc4p5-c4ccccc4)cc(c12)C3(C)C. The summed E-state index contributed by atoms with van der Waals surface area (Å²) < 4.78 is 2.67. The van der Waals surface area contributed by atoms with Crippen molar-refractivity contribution in [3.63, 3.8) is 0 Å². The highest BCUT2D eigenvalue weighted by Gasteiger charge is 2.43. The van der Waals surface area contributed by atoms with Crippen molar-refractivity contribution in [2.24, 2.45) is 0 Å². The van der Waals surface area contributed by atoms with E-state index in [9.17, 15) is 0 Å². The molecule has 1 nitrogen and oxygen atoms in total. The maximum absolute atomic E-state index is 2.67. The summed E-state index contributed by atoms with van der Waals surface area (Å²) in [6.07, 6.45) is 0. The lowest BCUT2D eigenvalue weighted by atomic mass is 9.68. The highest BCUT2D eigenvalue weighted by Crippen LogP contribution is 2.59. The minimum Gasteiger partial charge on any atom is -0.308 e. The van der Waals surface area contributed by atoms with Crippen molar-refractivity contribution in [3.8, 4) is 38.6 Å². The van der Waals surface area contributed by atoms with E-state index in [0.717, 1.165) is 0 Å². The molecule has 9 aromatic carbocycles. The standard InChI is InChI=1S/C60H43NP2/c1-59(2)48-22-15-23-49-58(48)61-56-46(32-38(34-50(56)59)36-26-28-54-44(30-36)42-20-11-13-24-52(42)62(54)40-16-7-5-8-17-40)47-33-39(35-51(57(47)61)60(49,3)4)37-27-29-55-45(31-37)43-21-12-14-25-53(43)63(55)41-18-9-6-10-19-41/h5-35H,1-4H3. The fourth-order valence-corrected chi connectivity index (χ4v) is 17.1. The fourth-order valence-electron chi connectivity index (χ4n) is 11.9.